The number of aromatic amines is 1. The number of rotatable bonds is 2. The fourth-order valence-corrected chi connectivity index (χ4v) is 3.40. The van der Waals surface area contributed by atoms with Crippen LogP contribution in [0.15, 0.2) is 60.8 Å². The second-order valence-electron chi connectivity index (χ2n) is 5.99. The van der Waals surface area contributed by atoms with Crippen LogP contribution < -0.4 is 0 Å². The zero-order valence-corrected chi connectivity index (χ0v) is 13.9. The maximum absolute atomic E-state index is 12.5. The maximum Gasteiger partial charge on any atom is 0.254 e. The van der Waals surface area contributed by atoms with Gasteiger partial charge < -0.3 is 9.88 Å². The Morgan fingerprint density at radius 2 is 1.96 bits per heavy atom. The first-order valence-corrected chi connectivity index (χ1v) is 8.40. The Labute approximate surface area is 145 Å². The number of fused-ring (bicyclic) bond motifs is 1. The lowest BCUT2D eigenvalue weighted by molar-refractivity contribution is 0.0773. The van der Waals surface area contributed by atoms with Crippen molar-refractivity contribution in [2.45, 2.75) is 6.42 Å². The fourth-order valence-electron chi connectivity index (χ4n) is 3.23. The zero-order chi connectivity index (χ0) is 16.5. The van der Waals surface area contributed by atoms with Gasteiger partial charge in [0.05, 0.1) is 0 Å². The number of hydrogen-bond donors (Lipinski definition) is 1. The van der Waals surface area contributed by atoms with Crippen LogP contribution in [0.2, 0.25) is 5.02 Å². The summed E-state index contributed by atoms with van der Waals surface area (Å²) >= 11 is 6.05. The average Bonchev–Trinajstić information content (AvgIpc) is 3.05. The largest absolute Gasteiger partial charge is 0.361 e. The van der Waals surface area contributed by atoms with Gasteiger partial charge >= 0.3 is 0 Å². The van der Waals surface area contributed by atoms with Gasteiger partial charge in [-0.15, -0.1) is 0 Å². The van der Waals surface area contributed by atoms with E-state index in [1.807, 2.05) is 59.6 Å². The van der Waals surface area contributed by atoms with Crippen LogP contribution in [0.5, 0.6) is 0 Å². The first-order valence-electron chi connectivity index (χ1n) is 8.03. The molecule has 120 valence electrons. The van der Waals surface area contributed by atoms with E-state index in [9.17, 15) is 4.79 Å². The molecule has 0 saturated carbocycles. The number of hydrogen-bond acceptors (Lipinski definition) is 1. The molecule has 0 spiro atoms. The molecule has 2 aromatic carbocycles. The van der Waals surface area contributed by atoms with Crippen molar-refractivity contribution in [3.63, 3.8) is 0 Å². The van der Waals surface area contributed by atoms with Crippen molar-refractivity contribution in [1.29, 1.82) is 0 Å². The molecule has 2 heterocycles. The van der Waals surface area contributed by atoms with Crippen LogP contribution in [0.1, 0.15) is 22.3 Å². The Hall–Kier alpha value is -2.52. The van der Waals surface area contributed by atoms with Crippen LogP contribution >= 0.6 is 11.6 Å². The van der Waals surface area contributed by atoms with Crippen molar-refractivity contribution < 1.29 is 4.79 Å². The van der Waals surface area contributed by atoms with Crippen LogP contribution in [0, 0.1) is 0 Å². The van der Waals surface area contributed by atoms with Crippen LogP contribution in [0.3, 0.4) is 0 Å². The SMILES string of the molecule is O=C(c1ccccc1)N1CC=C(c2c[nH]c3cc(Cl)ccc23)CC1. The Kier molecular flexibility index (Phi) is 3.87. The molecule has 0 bridgehead atoms. The first kappa shape index (κ1) is 15.0. The van der Waals surface area contributed by atoms with E-state index in [0.29, 0.717) is 6.54 Å². The Morgan fingerprint density at radius 1 is 1.12 bits per heavy atom. The summed E-state index contributed by atoms with van der Waals surface area (Å²) in [7, 11) is 0. The number of carbonyl (C=O) groups is 1. The van der Waals surface area contributed by atoms with Crippen LogP contribution in [0.25, 0.3) is 16.5 Å². The molecule has 1 N–H and O–H groups in total. The van der Waals surface area contributed by atoms with Crippen LogP contribution in [-0.2, 0) is 0 Å². The summed E-state index contributed by atoms with van der Waals surface area (Å²) in [5.74, 6) is 0.0941. The highest BCUT2D eigenvalue weighted by Crippen LogP contribution is 2.30. The molecule has 3 nitrogen and oxygen atoms in total. The summed E-state index contributed by atoms with van der Waals surface area (Å²) < 4.78 is 0. The summed E-state index contributed by atoms with van der Waals surface area (Å²) in [6.45, 7) is 1.38. The average molecular weight is 337 g/mol. The molecule has 0 fully saturated rings. The highest BCUT2D eigenvalue weighted by atomic mass is 35.5. The van der Waals surface area contributed by atoms with E-state index in [4.69, 9.17) is 11.6 Å². The van der Waals surface area contributed by atoms with Gasteiger partial charge in [0.25, 0.3) is 5.91 Å². The van der Waals surface area contributed by atoms with Gasteiger partial charge in [0, 0.05) is 46.3 Å². The Bertz CT molecular complexity index is 927. The van der Waals surface area contributed by atoms with Crippen molar-refractivity contribution in [3.8, 4) is 0 Å². The van der Waals surface area contributed by atoms with E-state index in [1.165, 1.54) is 16.5 Å². The molecule has 24 heavy (non-hydrogen) atoms. The summed E-state index contributed by atoms with van der Waals surface area (Å²) in [6.07, 6.45) is 5.04. The van der Waals surface area contributed by atoms with Crippen LogP contribution in [0.4, 0.5) is 0 Å². The number of nitrogens with zero attached hydrogens (tertiary/aromatic N) is 1. The lowest BCUT2D eigenvalue weighted by Crippen LogP contribution is -2.34. The molecule has 4 rings (SSSR count). The smallest absolute Gasteiger partial charge is 0.254 e. The molecule has 3 aromatic rings. The highest BCUT2D eigenvalue weighted by molar-refractivity contribution is 6.31. The minimum atomic E-state index is 0.0941. The van der Waals surface area contributed by atoms with E-state index in [1.54, 1.807) is 0 Å². The number of aromatic nitrogens is 1. The topological polar surface area (TPSA) is 36.1 Å². The first-order chi connectivity index (χ1) is 11.7. The number of halogens is 1. The van der Waals surface area contributed by atoms with Gasteiger partial charge in [-0.05, 0) is 36.3 Å². The number of nitrogens with one attached hydrogen (secondary N) is 1. The molecule has 4 heteroatoms. The number of H-pyrrole nitrogens is 1. The molecule has 0 saturated heterocycles. The zero-order valence-electron chi connectivity index (χ0n) is 13.1. The standard InChI is InChI=1S/C20H17ClN2O/c21-16-6-7-17-18(13-22-19(17)12-16)14-8-10-23(11-9-14)20(24)15-4-2-1-3-5-15/h1-8,12-13,22H,9-11H2. The quantitative estimate of drug-likeness (QED) is 0.720. The predicted molar refractivity (Wildman–Crippen MR) is 98.2 cm³/mol. The summed E-state index contributed by atoms with van der Waals surface area (Å²) in [5.41, 5.74) is 4.27. The highest BCUT2D eigenvalue weighted by Gasteiger charge is 2.20. The molecular weight excluding hydrogens is 320 g/mol. The molecule has 0 radical (unpaired) electrons. The summed E-state index contributed by atoms with van der Waals surface area (Å²) in [6, 6.07) is 15.4. The molecule has 0 aliphatic carbocycles. The molecule has 0 atom stereocenters. The van der Waals surface area contributed by atoms with Crippen molar-refractivity contribution in [2.75, 3.05) is 13.1 Å². The molecule has 0 unspecified atom stereocenters. The number of carbonyl (C=O) groups excluding carboxylic acids is 1. The number of amides is 1. The molecule has 1 aromatic heterocycles. The van der Waals surface area contributed by atoms with Gasteiger partial charge in [-0.1, -0.05) is 41.9 Å². The van der Waals surface area contributed by atoms with Gasteiger partial charge in [-0.25, -0.2) is 0 Å². The van der Waals surface area contributed by atoms with Gasteiger partial charge in [-0.3, -0.25) is 4.79 Å². The van der Waals surface area contributed by atoms with E-state index >= 15 is 0 Å². The monoisotopic (exact) mass is 336 g/mol. The van der Waals surface area contributed by atoms with E-state index in [0.717, 1.165) is 29.1 Å². The normalized spacial score (nSPS) is 14.7. The van der Waals surface area contributed by atoms with Crippen molar-refractivity contribution in [2.24, 2.45) is 0 Å². The molecule has 1 aliphatic rings. The van der Waals surface area contributed by atoms with E-state index < -0.39 is 0 Å². The third kappa shape index (κ3) is 2.72. The van der Waals surface area contributed by atoms with Crippen molar-refractivity contribution in [1.82, 2.24) is 9.88 Å². The maximum atomic E-state index is 12.5. The second kappa shape index (κ2) is 6.17. The molecule has 1 aliphatic heterocycles. The third-order valence-corrected chi connectivity index (χ3v) is 4.74. The van der Waals surface area contributed by atoms with Gasteiger partial charge in [0.15, 0.2) is 0 Å². The lowest BCUT2D eigenvalue weighted by Gasteiger charge is -2.26. The van der Waals surface area contributed by atoms with Crippen molar-refractivity contribution in [3.05, 3.63) is 77.0 Å². The fraction of sp³-hybridized carbons (Fsp3) is 0.150. The van der Waals surface area contributed by atoms with Crippen LogP contribution in [-0.4, -0.2) is 28.9 Å². The lowest BCUT2D eigenvalue weighted by atomic mass is 9.98. The third-order valence-electron chi connectivity index (χ3n) is 4.51. The minimum Gasteiger partial charge on any atom is -0.361 e. The minimum absolute atomic E-state index is 0.0941. The summed E-state index contributed by atoms with van der Waals surface area (Å²) in [5, 5.41) is 1.90. The second-order valence-corrected chi connectivity index (χ2v) is 6.43. The van der Waals surface area contributed by atoms with Gasteiger partial charge in [0.1, 0.15) is 0 Å². The molecular formula is C20H17ClN2O. The summed E-state index contributed by atoms with van der Waals surface area (Å²) in [4.78, 5) is 17.7. The Balaban J connectivity index is 1.57. The van der Waals surface area contributed by atoms with Crippen molar-refractivity contribution >= 4 is 34.0 Å². The molecule has 1 amide bonds. The van der Waals surface area contributed by atoms with Gasteiger partial charge in [-0.2, -0.15) is 0 Å². The van der Waals surface area contributed by atoms with E-state index in [-0.39, 0.29) is 5.91 Å². The number of benzene rings is 2. The predicted octanol–water partition coefficient (Wildman–Crippen LogP) is 4.75. The Morgan fingerprint density at radius 3 is 2.71 bits per heavy atom. The van der Waals surface area contributed by atoms with Gasteiger partial charge in [0.2, 0.25) is 0 Å². The van der Waals surface area contributed by atoms with E-state index in [2.05, 4.69) is 11.1 Å².